The number of furan rings is 1. The van der Waals surface area contributed by atoms with Crippen LogP contribution in [0.4, 0.5) is 4.39 Å². The molecule has 2 heterocycles. The number of hydrogen-bond acceptors (Lipinski definition) is 6. The van der Waals surface area contributed by atoms with E-state index in [4.69, 9.17) is 13.9 Å². The summed E-state index contributed by atoms with van der Waals surface area (Å²) in [7, 11) is 0. The molecule has 2 amide bonds. The SMILES string of the molecule is CCO[C@]1(NC(=O)[C@H](CC2CCCC2)NC(=O)c2ccc(-c3cccc(F)c3)o2)CCC(=O)O1. The Bertz CT molecular complexity index is 1050. The highest BCUT2D eigenvalue weighted by Crippen LogP contribution is 2.30. The lowest BCUT2D eigenvalue weighted by Crippen LogP contribution is -2.57. The van der Waals surface area contributed by atoms with Crippen LogP contribution in [0.1, 0.15) is 62.4 Å². The Morgan fingerprint density at radius 3 is 2.71 bits per heavy atom. The second-order valence-corrected chi connectivity index (χ2v) is 8.74. The fourth-order valence-corrected chi connectivity index (χ4v) is 4.58. The molecule has 0 unspecified atom stereocenters. The molecule has 2 atom stereocenters. The molecule has 9 heteroatoms. The Hall–Kier alpha value is -3.20. The minimum atomic E-state index is -1.52. The molecule has 1 aromatic carbocycles. The van der Waals surface area contributed by atoms with E-state index in [1.165, 1.54) is 18.2 Å². The predicted octanol–water partition coefficient (Wildman–Crippen LogP) is 3.91. The number of hydrogen-bond donors (Lipinski definition) is 2. The number of carbonyl (C=O) groups is 3. The number of ether oxygens (including phenoxy) is 2. The van der Waals surface area contributed by atoms with Crippen LogP contribution >= 0.6 is 0 Å². The van der Waals surface area contributed by atoms with Crippen molar-refractivity contribution >= 4 is 17.8 Å². The van der Waals surface area contributed by atoms with Gasteiger partial charge in [0.2, 0.25) is 5.91 Å². The van der Waals surface area contributed by atoms with Crippen LogP contribution in [0.2, 0.25) is 0 Å². The van der Waals surface area contributed by atoms with Gasteiger partial charge in [0.15, 0.2) is 5.76 Å². The van der Waals surface area contributed by atoms with Gasteiger partial charge in [0.05, 0.1) is 13.0 Å². The van der Waals surface area contributed by atoms with Gasteiger partial charge < -0.3 is 19.2 Å². The average Bonchev–Trinajstić information content (AvgIpc) is 3.55. The molecule has 0 spiro atoms. The van der Waals surface area contributed by atoms with E-state index in [9.17, 15) is 18.8 Å². The fraction of sp³-hybridized carbons (Fsp3) is 0.480. The van der Waals surface area contributed by atoms with E-state index >= 15 is 0 Å². The maximum atomic E-state index is 13.5. The Balaban J connectivity index is 1.49. The summed E-state index contributed by atoms with van der Waals surface area (Å²) in [6.45, 7) is 1.98. The molecule has 2 aliphatic rings. The third-order valence-corrected chi connectivity index (χ3v) is 6.23. The van der Waals surface area contributed by atoms with E-state index < -0.39 is 35.6 Å². The van der Waals surface area contributed by atoms with Crippen molar-refractivity contribution in [3.63, 3.8) is 0 Å². The zero-order valence-electron chi connectivity index (χ0n) is 19.1. The second kappa shape index (κ2) is 10.4. The molecule has 1 aliphatic carbocycles. The third kappa shape index (κ3) is 5.64. The summed E-state index contributed by atoms with van der Waals surface area (Å²) in [4.78, 5) is 37.9. The minimum Gasteiger partial charge on any atom is -0.451 e. The zero-order chi connectivity index (χ0) is 24.1. The van der Waals surface area contributed by atoms with Gasteiger partial charge in [-0.2, -0.15) is 0 Å². The molecule has 1 saturated heterocycles. The van der Waals surface area contributed by atoms with E-state index in [2.05, 4.69) is 10.6 Å². The Labute approximate surface area is 197 Å². The maximum Gasteiger partial charge on any atom is 0.309 e. The standard InChI is InChI=1S/C25H29FN2O6/c1-2-32-25(13-12-22(29)34-25)28-23(30)19(14-16-6-3-4-7-16)27-24(31)21-11-10-20(33-21)17-8-5-9-18(26)15-17/h5,8-11,15-16,19H,2-4,6-7,12-14H2,1H3,(H,27,31)(H,28,30)/t19-,25+/m0/s1. The maximum absolute atomic E-state index is 13.5. The number of nitrogens with one attached hydrogen (secondary N) is 2. The number of cyclic esters (lactones) is 1. The lowest BCUT2D eigenvalue weighted by molar-refractivity contribution is -0.225. The molecule has 1 saturated carbocycles. The van der Waals surface area contributed by atoms with E-state index in [0.29, 0.717) is 23.7 Å². The Morgan fingerprint density at radius 2 is 2.03 bits per heavy atom. The first-order valence-corrected chi connectivity index (χ1v) is 11.7. The first-order valence-electron chi connectivity index (χ1n) is 11.7. The second-order valence-electron chi connectivity index (χ2n) is 8.74. The van der Waals surface area contributed by atoms with Crippen molar-refractivity contribution in [1.82, 2.24) is 10.6 Å². The van der Waals surface area contributed by atoms with Crippen molar-refractivity contribution in [3.05, 3.63) is 48.0 Å². The van der Waals surface area contributed by atoms with Crippen LogP contribution in [0.3, 0.4) is 0 Å². The number of rotatable bonds is 9. The summed E-state index contributed by atoms with van der Waals surface area (Å²) in [6.07, 6.45) is 4.92. The van der Waals surface area contributed by atoms with Gasteiger partial charge in [0.1, 0.15) is 17.6 Å². The summed E-state index contributed by atoms with van der Waals surface area (Å²) in [6, 6.07) is 8.07. The molecule has 34 heavy (non-hydrogen) atoms. The molecule has 2 fully saturated rings. The summed E-state index contributed by atoms with van der Waals surface area (Å²) >= 11 is 0. The van der Waals surface area contributed by atoms with Gasteiger partial charge in [0, 0.05) is 12.0 Å². The first kappa shape index (κ1) is 23.9. The van der Waals surface area contributed by atoms with Gasteiger partial charge in [-0.1, -0.05) is 37.8 Å². The van der Waals surface area contributed by atoms with Crippen molar-refractivity contribution < 1.29 is 32.7 Å². The van der Waals surface area contributed by atoms with Crippen LogP contribution in [0, 0.1) is 11.7 Å². The molecule has 1 aliphatic heterocycles. The van der Waals surface area contributed by atoms with Crippen molar-refractivity contribution in [2.45, 2.75) is 63.8 Å². The summed E-state index contributed by atoms with van der Waals surface area (Å²) in [5.41, 5.74) is 0.501. The Kier molecular flexibility index (Phi) is 7.31. The smallest absolute Gasteiger partial charge is 0.309 e. The number of halogens is 1. The van der Waals surface area contributed by atoms with E-state index in [0.717, 1.165) is 25.7 Å². The number of esters is 1. The van der Waals surface area contributed by atoms with Crippen LogP contribution in [-0.4, -0.2) is 36.3 Å². The molecule has 8 nitrogen and oxygen atoms in total. The van der Waals surface area contributed by atoms with E-state index in [-0.39, 0.29) is 25.2 Å². The lowest BCUT2D eigenvalue weighted by Gasteiger charge is -2.30. The lowest BCUT2D eigenvalue weighted by atomic mass is 9.97. The molecule has 0 radical (unpaired) electrons. The van der Waals surface area contributed by atoms with Gasteiger partial charge >= 0.3 is 5.97 Å². The quantitative estimate of drug-likeness (QED) is 0.423. The highest BCUT2D eigenvalue weighted by molar-refractivity contribution is 5.96. The summed E-state index contributed by atoms with van der Waals surface area (Å²) < 4.78 is 30.0. The van der Waals surface area contributed by atoms with E-state index in [1.54, 1.807) is 25.1 Å². The van der Waals surface area contributed by atoms with Crippen molar-refractivity contribution in [1.29, 1.82) is 0 Å². The average molecular weight is 473 g/mol. The van der Waals surface area contributed by atoms with Crippen LogP contribution in [0.25, 0.3) is 11.3 Å². The highest BCUT2D eigenvalue weighted by Gasteiger charge is 2.44. The third-order valence-electron chi connectivity index (χ3n) is 6.23. The minimum absolute atomic E-state index is 0.00954. The topological polar surface area (TPSA) is 107 Å². The van der Waals surface area contributed by atoms with Gasteiger partial charge in [-0.25, -0.2) is 4.39 Å². The monoisotopic (exact) mass is 472 g/mol. The summed E-state index contributed by atoms with van der Waals surface area (Å²) in [5.74, 6) is -2.78. The van der Waals surface area contributed by atoms with Crippen LogP contribution in [0.5, 0.6) is 0 Å². The van der Waals surface area contributed by atoms with Gasteiger partial charge in [-0.3, -0.25) is 19.7 Å². The fourth-order valence-electron chi connectivity index (χ4n) is 4.58. The van der Waals surface area contributed by atoms with Crippen LogP contribution < -0.4 is 10.6 Å². The molecular weight excluding hydrogens is 443 g/mol. The number of carbonyl (C=O) groups excluding carboxylic acids is 3. The van der Waals surface area contributed by atoms with Crippen molar-refractivity contribution in [2.24, 2.45) is 5.92 Å². The predicted molar refractivity (Wildman–Crippen MR) is 120 cm³/mol. The molecule has 1 aromatic heterocycles. The molecule has 4 rings (SSSR count). The Morgan fingerprint density at radius 1 is 1.24 bits per heavy atom. The molecule has 2 aromatic rings. The molecule has 2 N–H and O–H groups in total. The summed E-state index contributed by atoms with van der Waals surface area (Å²) in [5, 5.41) is 5.47. The van der Waals surface area contributed by atoms with Crippen LogP contribution in [0.15, 0.2) is 40.8 Å². The first-order chi connectivity index (χ1) is 16.4. The van der Waals surface area contributed by atoms with Gasteiger partial charge in [-0.05, 0) is 43.5 Å². The van der Waals surface area contributed by atoms with Crippen molar-refractivity contribution in [3.8, 4) is 11.3 Å². The number of amides is 2. The largest absolute Gasteiger partial charge is 0.451 e. The molecule has 0 bridgehead atoms. The van der Waals surface area contributed by atoms with E-state index in [1.807, 2.05) is 0 Å². The van der Waals surface area contributed by atoms with Gasteiger partial charge in [0.25, 0.3) is 11.8 Å². The molecule has 182 valence electrons. The van der Waals surface area contributed by atoms with Gasteiger partial charge in [-0.15, -0.1) is 0 Å². The highest BCUT2D eigenvalue weighted by atomic mass is 19.1. The zero-order valence-corrected chi connectivity index (χ0v) is 19.1. The van der Waals surface area contributed by atoms with Crippen molar-refractivity contribution in [2.75, 3.05) is 6.61 Å². The number of benzene rings is 1. The molecular formula is C25H29FN2O6. The van der Waals surface area contributed by atoms with Crippen LogP contribution in [-0.2, 0) is 19.1 Å². The normalized spacial score (nSPS) is 21.3.